The van der Waals surface area contributed by atoms with E-state index in [1.54, 1.807) is 24.1 Å². The second kappa shape index (κ2) is 9.72. The van der Waals surface area contributed by atoms with Crippen LogP contribution in [0.3, 0.4) is 0 Å². The molecule has 0 aliphatic heterocycles. The number of ether oxygens (including phenoxy) is 1. The fourth-order valence-electron chi connectivity index (χ4n) is 3.92. The molecule has 2 heterocycles. The van der Waals surface area contributed by atoms with Gasteiger partial charge in [-0.2, -0.15) is 0 Å². The molecule has 1 aliphatic carbocycles. The zero-order valence-corrected chi connectivity index (χ0v) is 20.6. The van der Waals surface area contributed by atoms with E-state index in [4.69, 9.17) is 16.3 Å². The van der Waals surface area contributed by atoms with Crippen molar-refractivity contribution in [3.63, 3.8) is 0 Å². The Bertz CT molecular complexity index is 1300. The van der Waals surface area contributed by atoms with Crippen LogP contribution in [-0.4, -0.2) is 56.0 Å². The van der Waals surface area contributed by atoms with Gasteiger partial charge in [-0.05, 0) is 50.1 Å². The first kappa shape index (κ1) is 22.8. The maximum Gasteiger partial charge on any atom is 0.235 e. The number of hydrogen-bond acceptors (Lipinski definition) is 5. The maximum atomic E-state index is 13.0. The molecule has 1 unspecified atom stereocenters. The number of benzene rings is 2. The van der Waals surface area contributed by atoms with Gasteiger partial charge < -0.3 is 14.6 Å². The zero-order valence-electron chi connectivity index (χ0n) is 19.1. The molecule has 1 aliphatic rings. The number of rotatable bonds is 9. The summed E-state index contributed by atoms with van der Waals surface area (Å²) in [4.78, 5) is 18.0. The first-order chi connectivity index (χ1) is 16.5. The van der Waals surface area contributed by atoms with Gasteiger partial charge in [0.05, 0.1) is 11.8 Å². The fraction of sp³-hybridized carbons (Fsp3) is 0.320. The molecule has 1 saturated carbocycles. The molecule has 1 fully saturated rings. The largest absolute Gasteiger partial charge is 0.492 e. The van der Waals surface area contributed by atoms with Crippen LogP contribution in [0.4, 0.5) is 0 Å². The summed E-state index contributed by atoms with van der Waals surface area (Å²) in [5, 5.41) is 11.3. The molecule has 0 spiro atoms. The van der Waals surface area contributed by atoms with Gasteiger partial charge in [-0.15, -0.1) is 10.2 Å². The monoisotopic (exact) mass is 495 g/mol. The van der Waals surface area contributed by atoms with E-state index in [-0.39, 0.29) is 11.2 Å². The molecule has 0 radical (unpaired) electrons. The summed E-state index contributed by atoms with van der Waals surface area (Å²) in [6.45, 7) is 2.81. The number of carbonyl (C=O) groups is 1. The van der Waals surface area contributed by atoms with Gasteiger partial charge in [0.2, 0.25) is 5.91 Å². The van der Waals surface area contributed by atoms with Gasteiger partial charge in [0.25, 0.3) is 0 Å². The number of hydrogen-bond donors (Lipinski definition) is 1. The second-order valence-electron chi connectivity index (χ2n) is 8.48. The third kappa shape index (κ3) is 4.79. The summed E-state index contributed by atoms with van der Waals surface area (Å²) < 4.78 is 7.93. The van der Waals surface area contributed by atoms with Crippen LogP contribution in [-0.2, 0) is 4.79 Å². The summed E-state index contributed by atoms with van der Waals surface area (Å²) >= 11 is 7.37. The minimum Gasteiger partial charge on any atom is -0.492 e. The highest BCUT2D eigenvalue weighted by Crippen LogP contribution is 2.42. The normalized spacial score (nSPS) is 14.3. The third-order valence-corrected chi connectivity index (χ3v) is 7.22. The topological polar surface area (TPSA) is 76.0 Å². The van der Waals surface area contributed by atoms with Crippen molar-refractivity contribution >= 4 is 40.2 Å². The number of thioether (sulfide) groups is 1. The summed E-state index contributed by atoms with van der Waals surface area (Å²) in [5.74, 6) is 1.62. The van der Waals surface area contributed by atoms with Crippen LogP contribution in [0.1, 0.15) is 25.8 Å². The van der Waals surface area contributed by atoms with Gasteiger partial charge in [-0.1, -0.05) is 41.6 Å². The lowest BCUT2D eigenvalue weighted by Gasteiger charge is -2.21. The van der Waals surface area contributed by atoms with E-state index in [9.17, 15) is 4.79 Å². The highest BCUT2D eigenvalue weighted by atomic mass is 35.5. The molecule has 4 aromatic rings. The van der Waals surface area contributed by atoms with Crippen molar-refractivity contribution in [3.8, 4) is 17.1 Å². The zero-order chi connectivity index (χ0) is 23.7. The van der Waals surface area contributed by atoms with E-state index in [1.807, 2.05) is 37.4 Å². The Hall–Kier alpha value is -2.97. The average molecular weight is 496 g/mol. The minimum absolute atomic E-state index is 0.0312. The average Bonchev–Trinajstić information content (AvgIpc) is 3.46. The van der Waals surface area contributed by atoms with E-state index in [1.165, 1.54) is 11.8 Å². The Morgan fingerprint density at radius 3 is 2.76 bits per heavy atom. The summed E-state index contributed by atoms with van der Waals surface area (Å²) in [6.07, 6.45) is 4.20. The highest BCUT2D eigenvalue weighted by molar-refractivity contribution is 8.00. The standard InChI is InChI=1S/C25H26ClN5O2S/c1-16(24(32)30(2)13-14-33-19-11-7-17(26)8-12-19)34-25-29-28-23(31(25)18-9-10-18)21-15-27-22-6-4-3-5-20(21)22/h3-8,11-12,15-16,18,27H,9-10,13-14H2,1-2H3. The molecule has 1 atom stereocenters. The van der Waals surface area contributed by atoms with Crippen LogP contribution in [0.2, 0.25) is 5.02 Å². The van der Waals surface area contributed by atoms with Crippen LogP contribution in [0.5, 0.6) is 5.75 Å². The highest BCUT2D eigenvalue weighted by Gasteiger charge is 2.32. The number of carbonyl (C=O) groups excluding carboxylic acids is 1. The van der Waals surface area contributed by atoms with Gasteiger partial charge in [-0.25, -0.2) is 0 Å². The summed E-state index contributed by atoms with van der Waals surface area (Å²) in [7, 11) is 1.80. The van der Waals surface area contributed by atoms with Gasteiger partial charge in [-0.3, -0.25) is 9.36 Å². The Balaban J connectivity index is 1.25. The Morgan fingerprint density at radius 1 is 1.24 bits per heavy atom. The van der Waals surface area contributed by atoms with E-state index in [0.717, 1.165) is 46.0 Å². The number of nitrogens with one attached hydrogen (secondary N) is 1. The number of halogens is 1. The van der Waals surface area contributed by atoms with Gasteiger partial charge in [0, 0.05) is 40.8 Å². The molecular weight excluding hydrogens is 470 g/mol. The Morgan fingerprint density at radius 2 is 2.00 bits per heavy atom. The van der Waals surface area contributed by atoms with Crippen molar-refractivity contribution in [1.29, 1.82) is 0 Å². The molecule has 1 N–H and O–H groups in total. The second-order valence-corrected chi connectivity index (χ2v) is 10.2. The van der Waals surface area contributed by atoms with Gasteiger partial charge >= 0.3 is 0 Å². The fourth-order valence-corrected chi connectivity index (χ4v) is 5.08. The predicted octanol–water partition coefficient (Wildman–Crippen LogP) is 5.43. The van der Waals surface area contributed by atoms with Crippen molar-refractivity contribution in [2.75, 3.05) is 20.2 Å². The molecule has 9 heteroatoms. The molecular formula is C25H26ClN5O2S. The summed E-state index contributed by atoms with van der Waals surface area (Å²) in [5.41, 5.74) is 2.11. The molecule has 0 bridgehead atoms. The van der Waals surface area contributed by atoms with Gasteiger partial charge in [0.1, 0.15) is 12.4 Å². The van der Waals surface area contributed by atoms with Crippen molar-refractivity contribution in [3.05, 3.63) is 59.8 Å². The molecule has 1 amide bonds. The van der Waals surface area contributed by atoms with E-state index in [0.29, 0.717) is 24.2 Å². The molecule has 2 aromatic carbocycles. The van der Waals surface area contributed by atoms with Crippen molar-refractivity contribution in [1.82, 2.24) is 24.6 Å². The van der Waals surface area contributed by atoms with Crippen molar-refractivity contribution in [2.24, 2.45) is 0 Å². The first-order valence-corrected chi connectivity index (χ1v) is 12.6. The lowest BCUT2D eigenvalue weighted by atomic mass is 10.1. The molecule has 5 rings (SSSR count). The minimum atomic E-state index is -0.293. The van der Waals surface area contributed by atoms with Crippen LogP contribution in [0.25, 0.3) is 22.3 Å². The first-order valence-electron chi connectivity index (χ1n) is 11.3. The number of aromatic amines is 1. The molecule has 34 heavy (non-hydrogen) atoms. The molecule has 7 nitrogen and oxygen atoms in total. The number of H-pyrrole nitrogens is 1. The lowest BCUT2D eigenvalue weighted by molar-refractivity contribution is -0.129. The van der Waals surface area contributed by atoms with Crippen LogP contribution in [0.15, 0.2) is 59.9 Å². The number of aromatic nitrogens is 4. The van der Waals surface area contributed by atoms with E-state index in [2.05, 4.69) is 31.9 Å². The lowest BCUT2D eigenvalue weighted by Crippen LogP contribution is -2.36. The van der Waals surface area contributed by atoms with Crippen LogP contribution in [0, 0.1) is 0 Å². The predicted molar refractivity (Wildman–Crippen MR) is 135 cm³/mol. The van der Waals surface area contributed by atoms with E-state index < -0.39 is 0 Å². The van der Waals surface area contributed by atoms with E-state index >= 15 is 0 Å². The smallest absolute Gasteiger partial charge is 0.235 e. The Kier molecular flexibility index (Phi) is 6.52. The number of fused-ring (bicyclic) bond motifs is 1. The molecule has 176 valence electrons. The van der Waals surface area contributed by atoms with Crippen LogP contribution >= 0.6 is 23.4 Å². The summed E-state index contributed by atoms with van der Waals surface area (Å²) in [6, 6.07) is 15.8. The van der Waals surface area contributed by atoms with Crippen molar-refractivity contribution < 1.29 is 9.53 Å². The number of likely N-dealkylation sites (N-methyl/N-ethyl adjacent to an activating group) is 1. The number of amides is 1. The third-order valence-electron chi connectivity index (χ3n) is 5.92. The molecule has 0 saturated heterocycles. The SMILES string of the molecule is CC(Sc1nnc(-c2c[nH]c3ccccc23)n1C1CC1)C(=O)N(C)CCOc1ccc(Cl)cc1. The molecule has 2 aromatic heterocycles. The number of nitrogens with zero attached hydrogens (tertiary/aromatic N) is 4. The quantitative estimate of drug-likeness (QED) is 0.313. The maximum absolute atomic E-state index is 13.0. The van der Waals surface area contributed by atoms with Crippen LogP contribution < -0.4 is 4.74 Å². The Labute approximate surface area is 207 Å². The van der Waals surface area contributed by atoms with Crippen molar-refractivity contribution in [2.45, 2.75) is 36.2 Å². The van der Waals surface area contributed by atoms with Gasteiger partial charge in [0.15, 0.2) is 11.0 Å². The number of para-hydroxylation sites is 1.